The molecule has 104 valence electrons. The molecule has 0 atom stereocenters. The number of tetrazole rings is 1. The Bertz CT molecular complexity index is 604. The lowest BCUT2D eigenvalue weighted by atomic mass is 10.4. The zero-order valence-corrected chi connectivity index (χ0v) is 10.8. The molecule has 2 aromatic rings. The Morgan fingerprint density at radius 3 is 3.00 bits per heavy atom. The van der Waals surface area contributed by atoms with Crippen molar-refractivity contribution in [1.29, 1.82) is 0 Å². The summed E-state index contributed by atoms with van der Waals surface area (Å²) >= 11 is 0. The number of aromatic amines is 1. The average molecular weight is 286 g/mol. The molecule has 0 radical (unpaired) electrons. The number of aryl methyl sites for hydroxylation is 1. The summed E-state index contributed by atoms with van der Waals surface area (Å²) in [6, 6.07) is 0. The molecule has 0 aliphatic heterocycles. The minimum absolute atomic E-state index is 0.0349. The third kappa shape index (κ3) is 3.56. The normalized spacial score (nSPS) is 11.8. The van der Waals surface area contributed by atoms with Crippen LogP contribution in [-0.2, 0) is 23.1 Å². The van der Waals surface area contributed by atoms with Crippen LogP contribution in [0.3, 0.4) is 0 Å². The van der Waals surface area contributed by atoms with Crippen molar-refractivity contribution in [2.24, 2.45) is 5.73 Å². The van der Waals surface area contributed by atoms with Gasteiger partial charge in [0.15, 0.2) is 5.82 Å². The van der Waals surface area contributed by atoms with Crippen LogP contribution in [-0.4, -0.2) is 45.4 Å². The van der Waals surface area contributed by atoms with Crippen LogP contribution in [0.2, 0.25) is 0 Å². The zero-order chi connectivity index (χ0) is 13.7. The summed E-state index contributed by atoms with van der Waals surface area (Å²) < 4.78 is 27.8. The summed E-state index contributed by atoms with van der Waals surface area (Å²) in [6.45, 7) is 1.07. The molecule has 0 aromatic carbocycles. The lowest BCUT2D eigenvalue weighted by Gasteiger charge is -2.01. The molecule has 2 aromatic heterocycles. The van der Waals surface area contributed by atoms with E-state index in [0.717, 1.165) is 6.42 Å². The predicted molar refractivity (Wildman–Crippen MR) is 64.1 cm³/mol. The molecule has 2 rings (SSSR count). The molecular weight excluding hydrogens is 272 g/mol. The quantitative estimate of drug-likeness (QED) is 0.545. The van der Waals surface area contributed by atoms with Crippen LogP contribution in [0, 0.1) is 0 Å². The molecule has 2 heterocycles. The van der Waals surface area contributed by atoms with Crippen LogP contribution in [0.25, 0.3) is 0 Å². The van der Waals surface area contributed by atoms with E-state index in [1.165, 1.54) is 17.1 Å². The second-order valence-electron chi connectivity index (χ2n) is 3.73. The second kappa shape index (κ2) is 5.86. The number of nitrogens with one attached hydrogen (secondary N) is 2. The Hall–Kier alpha value is -1.85. The van der Waals surface area contributed by atoms with Crippen LogP contribution in [0.5, 0.6) is 0 Å². The number of nitrogens with zero attached hydrogens (tertiary/aromatic N) is 5. The van der Waals surface area contributed by atoms with Gasteiger partial charge in [-0.15, -0.1) is 10.2 Å². The lowest BCUT2D eigenvalue weighted by molar-refractivity contribution is 0.574. The number of H-pyrrole nitrogens is 1. The maximum Gasteiger partial charge on any atom is 0.244 e. The van der Waals surface area contributed by atoms with Crippen molar-refractivity contribution < 1.29 is 8.42 Å². The number of hydrogen-bond donors (Lipinski definition) is 3. The molecule has 0 aliphatic carbocycles. The molecule has 0 aliphatic rings. The number of sulfonamides is 1. The van der Waals surface area contributed by atoms with Crippen molar-refractivity contribution in [2.75, 3.05) is 6.54 Å². The fraction of sp³-hybridized carbons (Fsp3) is 0.500. The highest BCUT2D eigenvalue weighted by Crippen LogP contribution is 2.07. The van der Waals surface area contributed by atoms with Crippen LogP contribution in [0.15, 0.2) is 17.3 Å². The number of rotatable bonds is 7. The Morgan fingerprint density at radius 1 is 1.47 bits per heavy atom. The molecule has 19 heavy (non-hydrogen) atoms. The average Bonchev–Trinajstić information content (AvgIpc) is 3.05. The van der Waals surface area contributed by atoms with Crippen molar-refractivity contribution >= 4 is 10.0 Å². The van der Waals surface area contributed by atoms with Crippen molar-refractivity contribution in [3.8, 4) is 0 Å². The van der Waals surface area contributed by atoms with Gasteiger partial charge in [0.05, 0.1) is 12.7 Å². The van der Waals surface area contributed by atoms with E-state index >= 15 is 0 Å². The SMILES string of the molecule is NCCCn1cc(S(=O)(=O)NCc2nn[nH]n2)cn1. The fourth-order valence-electron chi connectivity index (χ4n) is 1.36. The monoisotopic (exact) mass is 286 g/mol. The lowest BCUT2D eigenvalue weighted by Crippen LogP contribution is -2.23. The van der Waals surface area contributed by atoms with E-state index in [0.29, 0.717) is 13.1 Å². The maximum absolute atomic E-state index is 11.9. The summed E-state index contributed by atoms with van der Waals surface area (Å²) in [5, 5.41) is 16.8. The second-order valence-corrected chi connectivity index (χ2v) is 5.50. The standard InChI is InChI=1S/C8H14N8O2S/c9-2-1-3-16-6-7(4-10-16)19(17,18)11-5-8-12-14-15-13-8/h4,6,11H,1-3,5,9H2,(H,12,13,14,15). The smallest absolute Gasteiger partial charge is 0.244 e. The van der Waals surface area contributed by atoms with Crippen molar-refractivity contribution in [3.63, 3.8) is 0 Å². The first-order chi connectivity index (χ1) is 9.12. The predicted octanol–water partition coefficient (Wildman–Crippen LogP) is -1.78. The molecule has 0 spiro atoms. The molecule has 0 saturated heterocycles. The summed E-state index contributed by atoms with van der Waals surface area (Å²) in [7, 11) is -3.63. The highest BCUT2D eigenvalue weighted by molar-refractivity contribution is 7.89. The van der Waals surface area contributed by atoms with Crippen LogP contribution in [0.4, 0.5) is 0 Å². The van der Waals surface area contributed by atoms with E-state index in [1.54, 1.807) is 0 Å². The van der Waals surface area contributed by atoms with Crippen molar-refractivity contribution in [3.05, 3.63) is 18.2 Å². The van der Waals surface area contributed by atoms with E-state index in [9.17, 15) is 8.42 Å². The van der Waals surface area contributed by atoms with Gasteiger partial charge in [0.25, 0.3) is 0 Å². The maximum atomic E-state index is 11.9. The molecule has 0 amide bonds. The van der Waals surface area contributed by atoms with Crippen LogP contribution >= 0.6 is 0 Å². The highest BCUT2D eigenvalue weighted by atomic mass is 32.2. The van der Waals surface area contributed by atoms with Crippen LogP contribution < -0.4 is 10.5 Å². The summed E-state index contributed by atoms with van der Waals surface area (Å²) in [5.41, 5.74) is 5.38. The van der Waals surface area contributed by atoms with Crippen molar-refractivity contribution in [2.45, 2.75) is 24.4 Å². The first-order valence-electron chi connectivity index (χ1n) is 5.56. The Kier molecular flexibility index (Phi) is 4.19. The minimum Gasteiger partial charge on any atom is -0.330 e. The topological polar surface area (TPSA) is 144 Å². The Morgan fingerprint density at radius 2 is 2.32 bits per heavy atom. The molecular formula is C8H14N8O2S. The van der Waals surface area contributed by atoms with Gasteiger partial charge in [0.2, 0.25) is 10.0 Å². The third-order valence-electron chi connectivity index (χ3n) is 2.32. The van der Waals surface area contributed by atoms with E-state index in [-0.39, 0.29) is 17.3 Å². The van der Waals surface area contributed by atoms with Gasteiger partial charge >= 0.3 is 0 Å². The molecule has 0 fully saturated rings. The molecule has 0 unspecified atom stereocenters. The first-order valence-corrected chi connectivity index (χ1v) is 7.04. The number of hydrogen-bond acceptors (Lipinski definition) is 7. The molecule has 0 saturated carbocycles. The number of nitrogens with two attached hydrogens (primary N) is 1. The van der Waals surface area contributed by atoms with Gasteiger partial charge in [-0.1, -0.05) is 5.21 Å². The van der Waals surface area contributed by atoms with Gasteiger partial charge in [-0.3, -0.25) is 4.68 Å². The molecule has 4 N–H and O–H groups in total. The van der Waals surface area contributed by atoms with E-state index in [4.69, 9.17) is 5.73 Å². The summed E-state index contributed by atoms with van der Waals surface area (Å²) in [5.74, 6) is 0.263. The third-order valence-corrected chi connectivity index (χ3v) is 3.68. The van der Waals surface area contributed by atoms with E-state index < -0.39 is 10.0 Å². The van der Waals surface area contributed by atoms with Gasteiger partial charge in [-0.25, -0.2) is 13.1 Å². The van der Waals surface area contributed by atoms with E-state index in [1.807, 2.05) is 0 Å². The van der Waals surface area contributed by atoms with Crippen LogP contribution in [0.1, 0.15) is 12.2 Å². The zero-order valence-electron chi connectivity index (χ0n) is 10.0. The fourth-order valence-corrected chi connectivity index (χ4v) is 2.29. The van der Waals surface area contributed by atoms with E-state index in [2.05, 4.69) is 30.4 Å². The molecule has 10 nitrogen and oxygen atoms in total. The first kappa shape index (κ1) is 13.6. The molecule has 11 heteroatoms. The van der Waals surface area contributed by atoms with Gasteiger partial charge < -0.3 is 5.73 Å². The Balaban J connectivity index is 2.00. The largest absolute Gasteiger partial charge is 0.330 e. The van der Waals surface area contributed by atoms with Gasteiger partial charge in [0.1, 0.15) is 4.90 Å². The van der Waals surface area contributed by atoms with Crippen molar-refractivity contribution in [1.82, 2.24) is 35.1 Å². The van der Waals surface area contributed by atoms with Gasteiger partial charge in [-0.2, -0.15) is 10.3 Å². The summed E-state index contributed by atoms with van der Waals surface area (Å²) in [6.07, 6.45) is 3.47. The minimum atomic E-state index is -3.63. The Labute approximate surface area is 109 Å². The van der Waals surface area contributed by atoms with Gasteiger partial charge in [-0.05, 0) is 13.0 Å². The summed E-state index contributed by atoms with van der Waals surface area (Å²) in [4.78, 5) is 0.0908. The number of aromatic nitrogens is 6. The van der Waals surface area contributed by atoms with Gasteiger partial charge in [0, 0.05) is 12.7 Å². The highest BCUT2D eigenvalue weighted by Gasteiger charge is 2.17. The molecule has 0 bridgehead atoms.